The van der Waals surface area contributed by atoms with Crippen LogP contribution < -0.4 is 11.1 Å². The zero-order valence-corrected chi connectivity index (χ0v) is 14.4. The smallest absolute Gasteiger partial charge is 0.408 e. The molecular weight excluding hydrogens is 324 g/mol. The number of rotatable bonds is 3. The molecule has 1 fully saturated rings. The minimum absolute atomic E-state index is 0.00843. The molecular formula is C17H22N4O4. The van der Waals surface area contributed by atoms with E-state index < -0.39 is 5.76 Å². The maximum Gasteiger partial charge on any atom is 0.417 e. The van der Waals surface area contributed by atoms with Gasteiger partial charge in [0.15, 0.2) is 5.58 Å². The Morgan fingerprint density at radius 2 is 1.88 bits per heavy atom. The number of aromatic nitrogens is 1. The Bertz CT molecular complexity index is 831. The molecule has 0 radical (unpaired) electrons. The summed E-state index contributed by atoms with van der Waals surface area (Å²) in [4.78, 5) is 41.7. The van der Waals surface area contributed by atoms with Gasteiger partial charge in [-0.3, -0.25) is 9.78 Å². The Kier molecular flexibility index (Phi) is 4.78. The molecule has 3 amide bonds. The molecule has 1 aromatic heterocycles. The second-order valence-electron chi connectivity index (χ2n) is 6.49. The summed E-state index contributed by atoms with van der Waals surface area (Å²) in [7, 11) is 0. The van der Waals surface area contributed by atoms with E-state index >= 15 is 0 Å². The van der Waals surface area contributed by atoms with Crippen LogP contribution in [0.25, 0.3) is 11.1 Å². The Hall–Kier alpha value is -2.77. The van der Waals surface area contributed by atoms with Gasteiger partial charge in [0.25, 0.3) is 0 Å². The van der Waals surface area contributed by atoms with E-state index in [1.165, 1.54) is 0 Å². The molecule has 1 aliphatic heterocycles. The Labute approximate surface area is 144 Å². The Balaban J connectivity index is 1.57. The van der Waals surface area contributed by atoms with Crippen LogP contribution in [0.15, 0.2) is 27.4 Å². The van der Waals surface area contributed by atoms with E-state index in [1.54, 1.807) is 28.0 Å². The number of urea groups is 1. The lowest BCUT2D eigenvalue weighted by Crippen LogP contribution is -2.54. The molecule has 134 valence electrons. The van der Waals surface area contributed by atoms with Gasteiger partial charge in [-0.15, -0.1) is 0 Å². The first kappa shape index (κ1) is 17.1. The van der Waals surface area contributed by atoms with Crippen molar-refractivity contribution in [3.63, 3.8) is 0 Å². The summed E-state index contributed by atoms with van der Waals surface area (Å²) >= 11 is 0. The number of benzene rings is 1. The van der Waals surface area contributed by atoms with Crippen LogP contribution in [0, 0.1) is 0 Å². The van der Waals surface area contributed by atoms with Gasteiger partial charge in [-0.05, 0) is 31.5 Å². The molecule has 25 heavy (non-hydrogen) atoms. The second kappa shape index (κ2) is 7.00. The van der Waals surface area contributed by atoms with Crippen molar-refractivity contribution in [2.75, 3.05) is 26.2 Å². The van der Waals surface area contributed by atoms with Crippen LogP contribution in [0.5, 0.6) is 0 Å². The number of hydrogen-bond acceptors (Lipinski definition) is 4. The van der Waals surface area contributed by atoms with Crippen LogP contribution in [0.4, 0.5) is 4.79 Å². The first-order valence-electron chi connectivity index (χ1n) is 8.37. The number of piperazine rings is 1. The van der Waals surface area contributed by atoms with Crippen molar-refractivity contribution in [3.05, 3.63) is 34.3 Å². The largest absolute Gasteiger partial charge is 0.417 e. The van der Waals surface area contributed by atoms with Crippen molar-refractivity contribution < 1.29 is 14.0 Å². The molecule has 8 heteroatoms. The van der Waals surface area contributed by atoms with Crippen LogP contribution in [-0.2, 0) is 11.2 Å². The lowest BCUT2D eigenvalue weighted by Gasteiger charge is -2.35. The summed E-state index contributed by atoms with van der Waals surface area (Å²) in [5.41, 5.74) is 1.88. The van der Waals surface area contributed by atoms with Crippen LogP contribution >= 0.6 is 0 Å². The Morgan fingerprint density at radius 3 is 2.56 bits per heavy atom. The zero-order valence-electron chi connectivity index (χ0n) is 14.4. The monoisotopic (exact) mass is 346 g/mol. The first-order valence-corrected chi connectivity index (χ1v) is 8.37. The molecule has 0 unspecified atom stereocenters. The number of H-pyrrole nitrogens is 1. The van der Waals surface area contributed by atoms with Crippen molar-refractivity contribution in [3.8, 4) is 0 Å². The highest BCUT2D eigenvalue weighted by Crippen LogP contribution is 2.14. The van der Waals surface area contributed by atoms with E-state index in [2.05, 4.69) is 10.3 Å². The normalized spacial score (nSPS) is 15.0. The highest BCUT2D eigenvalue weighted by Gasteiger charge is 2.24. The van der Waals surface area contributed by atoms with Crippen LogP contribution in [0.2, 0.25) is 0 Å². The number of amides is 3. The molecule has 1 aromatic carbocycles. The third-order valence-corrected chi connectivity index (χ3v) is 4.17. The number of hydrogen-bond donors (Lipinski definition) is 2. The molecule has 3 rings (SSSR count). The van der Waals surface area contributed by atoms with Gasteiger partial charge in [0.1, 0.15) is 0 Å². The summed E-state index contributed by atoms with van der Waals surface area (Å²) in [6, 6.07) is 5.23. The highest BCUT2D eigenvalue weighted by molar-refractivity contribution is 5.81. The third-order valence-electron chi connectivity index (χ3n) is 4.17. The predicted molar refractivity (Wildman–Crippen MR) is 92.4 cm³/mol. The number of fused-ring (bicyclic) bond motifs is 1. The van der Waals surface area contributed by atoms with Gasteiger partial charge >= 0.3 is 11.8 Å². The van der Waals surface area contributed by atoms with E-state index in [-0.39, 0.29) is 24.4 Å². The topological polar surface area (TPSA) is 98.7 Å². The number of nitrogens with one attached hydrogen (secondary N) is 2. The Morgan fingerprint density at radius 1 is 1.20 bits per heavy atom. The average Bonchev–Trinajstić information content (AvgIpc) is 2.93. The number of oxazole rings is 1. The first-order chi connectivity index (χ1) is 11.9. The molecule has 1 aliphatic rings. The lowest BCUT2D eigenvalue weighted by atomic mass is 10.1. The molecule has 0 atom stereocenters. The van der Waals surface area contributed by atoms with Crippen LogP contribution in [0.3, 0.4) is 0 Å². The quantitative estimate of drug-likeness (QED) is 0.863. The molecule has 2 aromatic rings. The molecule has 8 nitrogen and oxygen atoms in total. The average molecular weight is 346 g/mol. The van der Waals surface area contributed by atoms with E-state index in [1.807, 2.05) is 13.8 Å². The van der Waals surface area contributed by atoms with Crippen LogP contribution in [0.1, 0.15) is 19.4 Å². The number of carbonyl (C=O) groups excluding carboxylic acids is 2. The second-order valence-corrected chi connectivity index (χ2v) is 6.49. The molecule has 0 saturated carbocycles. The van der Waals surface area contributed by atoms with E-state index in [0.29, 0.717) is 37.3 Å². The molecule has 0 bridgehead atoms. The number of aromatic amines is 1. The highest BCUT2D eigenvalue weighted by atomic mass is 16.4. The summed E-state index contributed by atoms with van der Waals surface area (Å²) in [6.07, 6.45) is 0.251. The van der Waals surface area contributed by atoms with Gasteiger partial charge in [-0.2, -0.15) is 0 Å². The van der Waals surface area contributed by atoms with Gasteiger partial charge in [-0.1, -0.05) is 6.07 Å². The maximum absolute atomic E-state index is 12.5. The predicted octanol–water partition coefficient (Wildman–Crippen LogP) is 0.926. The SMILES string of the molecule is CC(C)NC(=O)N1CCN(C(=O)Cc2ccc3oc(=O)[nH]c3c2)CC1. The van der Waals surface area contributed by atoms with E-state index in [9.17, 15) is 14.4 Å². The third kappa shape index (κ3) is 4.01. The molecule has 2 heterocycles. The fraction of sp³-hybridized carbons (Fsp3) is 0.471. The summed E-state index contributed by atoms with van der Waals surface area (Å²) < 4.78 is 4.96. The summed E-state index contributed by atoms with van der Waals surface area (Å²) in [6.45, 7) is 5.94. The van der Waals surface area contributed by atoms with Crippen molar-refractivity contribution in [1.82, 2.24) is 20.1 Å². The summed E-state index contributed by atoms with van der Waals surface area (Å²) in [5.74, 6) is -0.497. The molecule has 0 aliphatic carbocycles. The maximum atomic E-state index is 12.5. The van der Waals surface area contributed by atoms with Crippen molar-refractivity contribution in [2.24, 2.45) is 0 Å². The van der Waals surface area contributed by atoms with Crippen molar-refractivity contribution in [1.29, 1.82) is 0 Å². The fourth-order valence-electron chi connectivity index (χ4n) is 2.89. The van der Waals surface area contributed by atoms with E-state index in [0.717, 1.165) is 5.56 Å². The van der Waals surface area contributed by atoms with E-state index in [4.69, 9.17) is 4.42 Å². The number of nitrogens with zero attached hydrogens (tertiary/aromatic N) is 2. The van der Waals surface area contributed by atoms with Gasteiger partial charge < -0.3 is 19.5 Å². The molecule has 1 saturated heterocycles. The summed E-state index contributed by atoms with van der Waals surface area (Å²) in [5, 5.41) is 2.86. The van der Waals surface area contributed by atoms with Crippen molar-refractivity contribution in [2.45, 2.75) is 26.3 Å². The number of carbonyl (C=O) groups is 2. The van der Waals surface area contributed by atoms with Gasteiger partial charge in [-0.25, -0.2) is 9.59 Å². The standard InChI is InChI=1S/C17H22N4O4/c1-11(2)18-16(23)21-7-5-20(6-8-21)15(22)10-12-3-4-14-13(9-12)19-17(24)25-14/h3-4,9,11H,5-8,10H2,1-2H3,(H,18,23)(H,19,24). The van der Waals surface area contributed by atoms with Gasteiger partial charge in [0.2, 0.25) is 5.91 Å². The van der Waals surface area contributed by atoms with Gasteiger partial charge in [0, 0.05) is 32.2 Å². The minimum Gasteiger partial charge on any atom is -0.408 e. The minimum atomic E-state index is -0.505. The molecule has 0 spiro atoms. The van der Waals surface area contributed by atoms with Gasteiger partial charge in [0.05, 0.1) is 11.9 Å². The fourth-order valence-corrected chi connectivity index (χ4v) is 2.89. The van der Waals surface area contributed by atoms with Crippen molar-refractivity contribution >= 4 is 23.0 Å². The zero-order chi connectivity index (χ0) is 18.0. The van der Waals surface area contributed by atoms with Crippen LogP contribution in [-0.4, -0.2) is 58.9 Å². The molecule has 2 N–H and O–H groups in total. The lowest BCUT2D eigenvalue weighted by molar-refractivity contribution is -0.131.